The van der Waals surface area contributed by atoms with E-state index in [1.165, 1.54) is 11.8 Å². The van der Waals surface area contributed by atoms with Crippen LogP contribution in [0.4, 0.5) is 0 Å². The highest BCUT2D eigenvalue weighted by atomic mass is 35.5. The predicted octanol–water partition coefficient (Wildman–Crippen LogP) is 7.29. The van der Waals surface area contributed by atoms with Crippen LogP contribution in [0.2, 0.25) is 15.1 Å². The fourth-order valence-corrected chi connectivity index (χ4v) is 5.53. The van der Waals surface area contributed by atoms with Gasteiger partial charge in [-0.3, -0.25) is 9.59 Å². The van der Waals surface area contributed by atoms with E-state index in [0.717, 1.165) is 16.7 Å². The molecule has 8 heteroatoms. The molecule has 0 spiro atoms. The van der Waals surface area contributed by atoms with E-state index in [1.54, 1.807) is 35.2 Å². The normalized spacial score (nSPS) is 11.8. The molecule has 0 saturated carbocycles. The van der Waals surface area contributed by atoms with Crippen molar-refractivity contribution in [3.8, 4) is 0 Å². The number of nitrogens with zero attached hydrogens (tertiary/aromatic N) is 1. The first-order valence-corrected chi connectivity index (χ1v) is 14.4. The van der Waals surface area contributed by atoms with Crippen molar-refractivity contribution in [3.05, 3.63) is 105 Å². The molecule has 3 rings (SSSR count). The number of rotatable bonds is 12. The average Bonchev–Trinajstić information content (AvgIpc) is 2.88. The molecule has 1 unspecified atom stereocenters. The minimum Gasteiger partial charge on any atom is -0.354 e. The molecular formula is C29H31Cl3N2O2S. The van der Waals surface area contributed by atoms with E-state index in [9.17, 15) is 9.59 Å². The average molecular weight is 578 g/mol. The summed E-state index contributed by atoms with van der Waals surface area (Å²) in [7, 11) is 0. The van der Waals surface area contributed by atoms with Crippen molar-refractivity contribution in [2.75, 3.05) is 12.3 Å². The number of amides is 2. The number of nitrogens with one attached hydrogen (secondary N) is 1. The molecule has 0 aliphatic heterocycles. The summed E-state index contributed by atoms with van der Waals surface area (Å²) >= 11 is 20.1. The van der Waals surface area contributed by atoms with Crippen molar-refractivity contribution in [2.45, 2.75) is 38.6 Å². The fourth-order valence-electron chi connectivity index (χ4n) is 3.76. The molecule has 0 aliphatic carbocycles. The largest absolute Gasteiger partial charge is 0.354 e. The van der Waals surface area contributed by atoms with Crippen molar-refractivity contribution in [3.63, 3.8) is 0 Å². The second-order valence-corrected chi connectivity index (χ2v) is 11.4. The van der Waals surface area contributed by atoms with Gasteiger partial charge in [0.25, 0.3) is 0 Å². The Morgan fingerprint density at radius 3 is 2.14 bits per heavy atom. The summed E-state index contributed by atoms with van der Waals surface area (Å²) in [4.78, 5) is 28.8. The van der Waals surface area contributed by atoms with E-state index in [2.05, 4.69) is 5.32 Å². The van der Waals surface area contributed by atoms with Gasteiger partial charge in [0.15, 0.2) is 0 Å². The van der Waals surface area contributed by atoms with E-state index in [4.69, 9.17) is 34.8 Å². The molecule has 0 bridgehead atoms. The van der Waals surface area contributed by atoms with Gasteiger partial charge in [0.2, 0.25) is 11.8 Å². The second-order valence-electron chi connectivity index (χ2n) is 9.19. The highest BCUT2D eigenvalue weighted by molar-refractivity contribution is 7.99. The molecule has 4 nitrogen and oxygen atoms in total. The van der Waals surface area contributed by atoms with Crippen LogP contribution in [0.5, 0.6) is 0 Å². The molecule has 0 radical (unpaired) electrons. The summed E-state index contributed by atoms with van der Waals surface area (Å²) in [5.41, 5.74) is 2.67. The van der Waals surface area contributed by atoms with E-state index >= 15 is 0 Å². The van der Waals surface area contributed by atoms with E-state index in [-0.39, 0.29) is 30.0 Å². The Morgan fingerprint density at radius 1 is 0.865 bits per heavy atom. The molecule has 37 heavy (non-hydrogen) atoms. The number of hydrogen-bond donors (Lipinski definition) is 1. The van der Waals surface area contributed by atoms with Crippen LogP contribution in [0.15, 0.2) is 72.8 Å². The maximum absolute atomic E-state index is 13.7. The highest BCUT2D eigenvalue weighted by Crippen LogP contribution is 2.28. The van der Waals surface area contributed by atoms with Crippen LogP contribution in [0.25, 0.3) is 0 Å². The maximum atomic E-state index is 13.7. The molecule has 3 aromatic carbocycles. The van der Waals surface area contributed by atoms with Crippen LogP contribution >= 0.6 is 46.6 Å². The molecule has 0 saturated heterocycles. The van der Waals surface area contributed by atoms with Crippen LogP contribution in [0.3, 0.4) is 0 Å². The third kappa shape index (κ3) is 9.26. The molecule has 0 aliphatic rings. The monoisotopic (exact) mass is 576 g/mol. The fraction of sp³-hybridized carbons (Fsp3) is 0.310. The van der Waals surface area contributed by atoms with E-state index < -0.39 is 6.04 Å². The van der Waals surface area contributed by atoms with Gasteiger partial charge < -0.3 is 10.2 Å². The smallest absolute Gasteiger partial charge is 0.243 e. The summed E-state index contributed by atoms with van der Waals surface area (Å²) in [5, 5.41) is 4.79. The zero-order valence-electron chi connectivity index (χ0n) is 20.9. The zero-order valence-corrected chi connectivity index (χ0v) is 24.0. The summed E-state index contributed by atoms with van der Waals surface area (Å²) in [6, 6.07) is 21.8. The van der Waals surface area contributed by atoms with Crippen molar-refractivity contribution in [1.29, 1.82) is 0 Å². The quantitative estimate of drug-likeness (QED) is 0.246. The van der Waals surface area contributed by atoms with E-state index in [0.29, 0.717) is 33.8 Å². The van der Waals surface area contributed by atoms with E-state index in [1.807, 2.05) is 56.3 Å². The molecule has 0 aromatic heterocycles. The SMILES string of the molecule is CC(C)CNC(=O)C(Cc1ccccc1)N(Cc1ccc(Cl)cc1)C(=O)CSCc1c(Cl)cccc1Cl. The van der Waals surface area contributed by atoms with Gasteiger partial charge in [0, 0.05) is 40.3 Å². The van der Waals surface area contributed by atoms with Crippen LogP contribution in [-0.4, -0.2) is 35.1 Å². The van der Waals surface area contributed by atoms with Gasteiger partial charge in [-0.25, -0.2) is 0 Å². The van der Waals surface area contributed by atoms with Gasteiger partial charge in [-0.05, 0) is 46.9 Å². The summed E-state index contributed by atoms with van der Waals surface area (Å²) in [6.07, 6.45) is 0.408. The van der Waals surface area contributed by atoms with Gasteiger partial charge in [0.1, 0.15) is 6.04 Å². The van der Waals surface area contributed by atoms with Crippen molar-refractivity contribution < 1.29 is 9.59 Å². The Hall–Kier alpha value is -2.18. The van der Waals surface area contributed by atoms with Crippen molar-refractivity contribution in [2.24, 2.45) is 5.92 Å². The molecular weight excluding hydrogens is 547 g/mol. The lowest BCUT2D eigenvalue weighted by atomic mass is 10.0. The number of benzene rings is 3. The Labute approximate surface area is 238 Å². The summed E-state index contributed by atoms with van der Waals surface area (Å²) in [6.45, 7) is 4.90. The van der Waals surface area contributed by atoms with Crippen LogP contribution in [0, 0.1) is 5.92 Å². The topological polar surface area (TPSA) is 49.4 Å². The number of thioether (sulfide) groups is 1. The number of carbonyl (C=O) groups excluding carboxylic acids is 2. The Kier molecular flexibility index (Phi) is 11.7. The van der Waals surface area contributed by atoms with Gasteiger partial charge in [-0.1, -0.05) is 97.2 Å². The van der Waals surface area contributed by atoms with Crippen LogP contribution in [0.1, 0.15) is 30.5 Å². The first-order chi connectivity index (χ1) is 17.7. The second kappa shape index (κ2) is 14.7. The molecule has 1 N–H and O–H groups in total. The molecule has 3 aromatic rings. The van der Waals surface area contributed by atoms with Gasteiger partial charge >= 0.3 is 0 Å². The molecule has 0 fully saturated rings. The van der Waals surface area contributed by atoms with Gasteiger partial charge in [-0.2, -0.15) is 0 Å². The molecule has 196 valence electrons. The Morgan fingerprint density at radius 2 is 1.51 bits per heavy atom. The number of carbonyl (C=O) groups is 2. The lowest BCUT2D eigenvalue weighted by Gasteiger charge is -2.32. The maximum Gasteiger partial charge on any atom is 0.243 e. The van der Waals surface area contributed by atoms with Gasteiger partial charge in [0.05, 0.1) is 5.75 Å². The number of halogens is 3. The Balaban J connectivity index is 1.85. The summed E-state index contributed by atoms with van der Waals surface area (Å²) < 4.78 is 0. The van der Waals surface area contributed by atoms with Crippen LogP contribution < -0.4 is 5.32 Å². The lowest BCUT2D eigenvalue weighted by Crippen LogP contribution is -2.51. The zero-order chi connectivity index (χ0) is 26.8. The first kappa shape index (κ1) is 29.4. The third-order valence-electron chi connectivity index (χ3n) is 5.76. The minimum atomic E-state index is -0.672. The minimum absolute atomic E-state index is 0.135. The number of hydrogen-bond acceptors (Lipinski definition) is 3. The van der Waals surface area contributed by atoms with Crippen molar-refractivity contribution >= 4 is 58.4 Å². The first-order valence-electron chi connectivity index (χ1n) is 12.1. The predicted molar refractivity (Wildman–Crippen MR) is 156 cm³/mol. The Bertz CT molecular complexity index is 1150. The standard InChI is InChI=1S/C29H31Cl3N2O2S/c1-20(2)16-33-29(36)27(15-21-7-4-3-5-8-21)34(17-22-11-13-23(30)14-12-22)28(35)19-37-18-24-25(31)9-6-10-26(24)32/h3-14,20,27H,15-19H2,1-2H3,(H,33,36). The highest BCUT2D eigenvalue weighted by Gasteiger charge is 2.30. The summed E-state index contributed by atoms with van der Waals surface area (Å²) in [5.74, 6) is 0.653. The molecule has 2 amide bonds. The molecule has 0 heterocycles. The van der Waals surface area contributed by atoms with Crippen molar-refractivity contribution in [1.82, 2.24) is 10.2 Å². The van der Waals surface area contributed by atoms with Gasteiger partial charge in [-0.15, -0.1) is 11.8 Å². The van der Waals surface area contributed by atoms with Crippen LogP contribution in [-0.2, 0) is 28.3 Å². The third-order valence-corrected chi connectivity index (χ3v) is 7.66. The molecule has 1 atom stereocenters. The lowest BCUT2D eigenvalue weighted by molar-refractivity contribution is -0.139.